The second-order valence-electron chi connectivity index (χ2n) is 10.2. The molecule has 0 saturated carbocycles. The summed E-state index contributed by atoms with van der Waals surface area (Å²) in [4.78, 5) is 4.89. The van der Waals surface area contributed by atoms with E-state index in [9.17, 15) is 5.11 Å². The van der Waals surface area contributed by atoms with E-state index in [-0.39, 0.29) is 5.25 Å². The first-order valence-electron chi connectivity index (χ1n) is 13.7. The summed E-state index contributed by atoms with van der Waals surface area (Å²) in [6.07, 6.45) is 5.39. The second-order valence-corrected chi connectivity index (χ2v) is 11.2. The number of piperazine rings is 1. The van der Waals surface area contributed by atoms with Crippen molar-refractivity contribution in [3.05, 3.63) is 90.0 Å². The maximum atomic E-state index is 11.1. The molecule has 5 rings (SSSR count). The normalized spacial score (nSPS) is 21.2. The van der Waals surface area contributed by atoms with Crippen LogP contribution in [0, 0.1) is 0 Å². The van der Waals surface area contributed by atoms with E-state index in [0.717, 1.165) is 67.7 Å². The van der Waals surface area contributed by atoms with Gasteiger partial charge in [-0.3, -0.25) is 4.90 Å². The Bertz CT molecular complexity index is 1290. The fraction of sp³-hybridized carbons (Fsp3) is 0.375. The molecule has 212 valence electrons. The third-order valence-electron chi connectivity index (χ3n) is 7.66. The van der Waals surface area contributed by atoms with Gasteiger partial charge in [0.05, 0.1) is 38.6 Å². The Balaban J connectivity index is 1.08. The predicted octanol–water partition coefficient (Wildman–Crippen LogP) is 5.67. The van der Waals surface area contributed by atoms with Crippen molar-refractivity contribution in [1.29, 1.82) is 0 Å². The molecule has 0 bridgehead atoms. The molecule has 3 aromatic rings. The number of hydrogen-bond donors (Lipinski definition) is 1. The van der Waals surface area contributed by atoms with Gasteiger partial charge in [-0.1, -0.05) is 30.4 Å². The van der Waals surface area contributed by atoms with Gasteiger partial charge in [0.25, 0.3) is 0 Å². The number of benzene rings is 3. The van der Waals surface area contributed by atoms with Crippen LogP contribution in [0.2, 0.25) is 0 Å². The minimum Gasteiger partial charge on any atom is -0.497 e. The van der Waals surface area contributed by atoms with Gasteiger partial charge in [0.15, 0.2) is 11.5 Å². The number of ether oxygens (including phenoxy) is 3. The molecule has 1 saturated heterocycles. The van der Waals surface area contributed by atoms with Gasteiger partial charge >= 0.3 is 0 Å². The lowest BCUT2D eigenvalue weighted by Gasteiger charge is -2.36. The van der Waals surface area contributed by atoms with E-state index in [1.807, 2.05) is 54.6 Å². The van der Waals surface area contributed by atoms with Crippen molar-refractivity contribution in [2.75, 3.05) is 52.4 Å². The first-order chi connectivity index (χ1) is 19.5. The quantitative estimate of drug-likeness (QED) is 0.251. The molecule has 0 spiro atoms. The van der Waals surface area contributed by atoms with Crippen LogP contribution in [0.1, 0.15) is 24.0 Å². The lowest BCUT2D eigenvalue weighted by molar-refractivity contribution is 0.0729. The lowest BCUT2D eigenvalue weighted by atomic mass is 9.84. The smallest absolute Gasteiger partial charge is 0.161 e. The van der Waals surface area contributed by atoms with Crippen LogP contribution in [-0.2, 0) is 12.1 Å². The topological polar surface area (TPSA) is 63.6 Å². The molecule has 3 aromatic carbocycles. The molecular weight excluding hydrogens is 524 g/mol. The van der Waals surface area contributed by atoms with E-state index in [2.05, 4.69) is 34.1 Å². The van der Waals surface area contributed by atoms with Crippen molar-refractivity contribution < 1.29 is 23.5 Å². The van der Waals surface area contributed by atoms with Gasteiger partial charge in [-0.15, -0.1) is 0 Å². The highest BCUT2D eigenvalue weighted by atomic mass is 32.2. The molecule has 0 radical (unpaired) electrons. The van der Waals surface area contributed by atoms with Crippen molar-refractivity contribution in [3.63, 3.8) is 0 Å². The molecule has 2 aliphatic rings. The predicted molar refractivity (Wildman–Crippen MR) is 161 cm³/mol. The summed E-state index contributed by atoms with van der Waals surface area (Å²) in [7, 11) is 4.97. The van der Waals surface area contributed by atoms with E-state index in [0.29, 0.717) is 6.42 Å². The Hall–Kier alpha value is -3.33. The first kappa shape index (κ1) is 28.2. The minimum atomic E-state index is -0.973. The number of aliphatic hydroxyl groups is 1. The van der Waals surface area contributed by atoms with Crippen LogP contribution in [0.25, 0.3) is 0 Å². The fourth-order valence-electron chi connectivity index (χ4n) is 5.25. The van der Waals surface area contributed by atoms with E-state index in [1.54, 1.807) is 21.3 Å². The molecule has 40 heavy (non-hydrogen) atoms. The number of methoxy groups -OCH3 is 3. The highest BCUT2D eigenvalue weighted by molar-refractivity contribution is 7.95. The molecule has 7 nitrogen and oxygen atoms in total. The average molecular weight is 563 g/mol. The van der Waals surface area contributed by atoms with Gasteiger partial charge in [-0.05, 0) is 72.5 Å². The summed E-state index contributed by atoms with van der Waals surface area (Å²) in [5.41, 5.74) is 2.32. The third kappa shape index (κ3) is 6.69. The molecule has 8 heteroatoms. The highest BCUT2D eigenvalue weighted by Crippen LogP contribution is 2.38. The van der Waals surface area contributed by atoms with Gasteiger partial charge in [-0.25, -0.2) is 0 Å². The van der Waals surface area contributed by atoms with Crippen LogP contribution in [-0.4, -0.2) is 62.8 Å². The molecule has 0 aromatic heterocycles. The molecule has 0 amide bonds. The molecule has 1 unspecified atom stereocenters. The zero-order chi connectivity index (χ0) is 28.0. The molecular formula is C32H38N2O5S. The molecule has 1 aliphatic carbocycles. The summed E-state index contributed by atoms with van der Waals surface area (Å²) in [5, 5.41) is 11.3. The zero-order valence-corrected chi connectivity index (χ0v) is 24.2. The Kier molecular flexibility index (Phi) is 9.09. The molecule has 2 atom stereocenters. The van der Waals surface area contributed by atoms with Crippen LogP contribution in [0.15, 0.2) is 78.9 Å². The van der Waals surface area contributed by atoms with Gasteiger partial charge in [0.1, 0.15) is 17.1 Å². The van der Waals surface area contributed by atoms with E-state index < -0.39 is 5.60 Å². The highest BCUT2D eigenvalue weighted by Gasteiger charge is 2.31. The van der Waals surface area contributed by atoms with E-state index >= 15 is 0 Å². The summed E-state index contributed by atoms with van der Waals surface area (Å²) in [5.74, 6) is 3.11. The zero-order valence-electron chi connectivity index (χ0n) is 23.4. The Labute approximate surface area is 241 Å². The van der Waals surface area contributed by atoms with Gasteiger partial charge < -0.3 is 28.4 Å². The summed E-state index contributed by atoms with van der Waals surface area (Å²) < 4.78 is 22.2. The first-order valence-corrected chi connectivity index (χ1v) is 14.5. The monoisotopic (exact) mass is 562 g/mol. The number of anilines is 1. The van der Waals surface area contributed by atoms with Gasteiger partial charge in [0.2, 0.25) is 0 Å². The van der Waals surface area contributed by atoms with Crippen molar-refractivity contribution in [1.82, 2.24) is 4.90 Å². The van der Waals surface area contributed by atoms with Crippen LogP contribution in [0.3, 0.4) is 0 Å². The van der Waals surface area contributed by atoms with Crippen LogP contribution < -0.4 is 23.3 Å². The SMILES string of the molecule is COc1cccc([C@]2(O)C=CC(SOc3ccc(N4CCN(Cc5ccc(OC)c(OC)c5)CC4)cc3)CC2)c1. The summed E-state index contributed by atoms with van der Waals surface area (Å²) >= 11 is 1.44. The molecule has 1 N–H and O–H groups in total. The molecule has 1 aliphatic heterocycles. The summed E-state index contributed by atoms with van der Waals surface area (Å²) in [6.45, 7) is 4.85. The molecule has 1 fully saturated rings. The van der Waals surface area contributed by atoms with Gasteiger partial charge in [0, 0.05) is 38.4 Å². The maximum Gasteiger partial charge on any atom is 0.161 e. The number of hydrogen-bond acceptors (Lipinski definition) is 8. The number of rotatable bonds is 10. The fourth-order valence-corrected chi connectivity index (χ4v) is 5.96. The largest absolute Gasteiger partial charge is 0.497 e. The standard InChI is InChI=1S/C32H38N2O5S/c1-36-28-6-4-5-25(22-28)32(35)15-13-29(14-16-32)40-39-27-10-8-26(9-11-27)34-19-17-33(18-20-34)23-24-7-12-30(37-2)31(21-24)38-3/h4-13,15,21-22,29,35H,14,16-20,23H2,1-3H3/t29?,32-/m0/s1. The Morgan fingerprint density at radius 1 is 0.850 bits per heavy atom. The van der Waals surface area contributed by atoms with Crippen LogP contribution in [0.5, 0.6) is 23.0 Å². The summed E-state index contributed by atoms with van der Waals surface area (Å²) in [6, 6.07) is 22.1. The van der Waals surface area contributed by atoms with Crippen molar-refractivity contribution in [3.8, 4) is 23.0 Å². The Morgan fingerprint density at radius 3 is 2.30 bits per heavy atom. The third-order valence-corrected chi connectivity index (χ3v) is 8.59. The average Bonchev–Trinajstić information content (AvgIpc) is 3.01. The van der Waals surface area contributed by atoms with E-state index in [1.165, 1.54) is 23.3 Å². The van der Waals surface area contributed by atoms with E-state index in [4.69, 9.17) is 18.4 Å². The van der Waals surface area contributed by atoms with Gasteiger partial charge in [-0.2, -0.15) is 0 Å². The van der Waals surface area contributed by atoms with Crippen LogP contribution in [0.4, 0.5) is 5.69 Å². The molecule has 1 heterocycles. The number of nitrogens with zero attached hydrogens (tertiary/aromatic N) is 2. The Morgan fingerprint density at radius 2 is 1.62 bits per heavy atom. The van der Waals surface area contributed by atoms with Crippen LogP contribution >= 0.6 is 12.0 Å². The van der Waals surface area contributed by atoms with Crippen molar-refractivity contribution >= 4 is 17.7 Å². The van der Waals surface area contributed by atoms with Crippen molar-refractivity contribution in [2.24, 2.45) is 0 Å². The minimum absolute atomic E-state index is 0.185. The maximum absolute atomic E-state index is 11.1. The lowest BCUT2D eigenvalue weighted by Crippen LogP contribution is -2.45. The van der Waals surface area contributed by atoms with Crippen molar-refractivity contribution in [2.45, 2.75) is 30.2 Å². The second kappa shape index (κ2) is 12.9.